The molecule has 0 aliphatic rings. The second-order valence-corrected chi connectivity index (χ2v) is 4.92. The Morgan fingerprint density at radius 1 is 1.14 bits per heavy atom. The van der Waals surface area contributed by atoms with Gasteiger partial charge < -0.3 is 10.1 Å². The molecule has 0 unspecified atom stereocenters. The maximum Gasteiger partial charge on any atom is 0.305 e. The smallest absolute Gasteiger partial charge is 0.305 e. The van der Waals surface area contributed by atoms with Gasteiger partial charge in [-0.3, -0.25) is 14.4 Å². The molecule has 0 atom stereocenters. The predicted molar refractivity (Wildman–Crippen MR) is 80.3 cm³/mol. The van der Waals surface area contributed by atoms with Gasteiger partial charge in [-0.05, 0) is 50.5 Å². The SMILES string of the molecule is COC(=O)CCCCC(=O)Nc1ccc(C(C)=O)c(C)c1. The first-order valence-corrected chi connectivity index (χ1v) is 6.92. The van der Waals surface area contributed by atoms with Crippen LogP contribution in [0.1, 0.15) is 48.5 Å². The van der Waals surface area contributed by atoms with Crippen molar-refractivity contribution in [2.75, 3.05) is 12.4 Å². The Morgan fingerprint density at radius 2 is 1.81 bits per heavy atom. The first-order valence-electron chi connectivity index (χ1n) is 6.92. The van der Waals surface area contributed by atoms with Crippen LogP contribution in [0.4, 0.5) is 5.69 Å². The summed E-state index contributed by atoms with van der Waals surface area (Å²) in [5.41, 5.74) is 2.17. The number of ether oxygens (including phenoxy) is 1. The summed E-state index contributed by atoms with van der Waals surface area (Å²) < 4.78 is 4.53. The first kappa shape index (κ1) is 16.9. The predicted octanol–water partition coefficient (Wildman–Crippen LogP) is 2.87. The summed E-state index contributed by atoms with van der Waals surface area (Å²) in [5.74, 6) is -0.353. The quantitative estimate of drug-likeness (QED) is 0.476. The van der Waals surface area contributed by atoms with E-state index in [0.717, 1.165) is 5.56 Å². The number of Topliss-reactive ketones (excluding diaryl/α,β-unsaturated/α-hetero) is 1. The van der Waals surface area contributed by atoms with E-state index in [1.54, 1.807) is 18.2 Å². The molecule has 0 saturated heterocycles. The van der Waals surface area contributed by atoms with Crippen molar-refractivity contribution in [1.82, 2.24) is 0 Å². The molecule has 1 amide bonds. The number of anilines is 1. The summed E-state index contributed by atoms with van der Waals surface area (Å²) in [5, 5.41) is 2.78. The van der Waals surface area contributed by atoms with E-state index in [1.807, 2.05) is 6.92 Å². The van der Waals surface area contributed by atoms with E-state index in [-0.39, 0.29) is 17.7 Å². The van der Waals surface area contributed by atoms with Crippen LogP contribution >= 0.6 is 0 Å². The molecule has 0 fully saturated rings. The van der Waals surface area contributed by atoms with Gasteiger partial charge in [0.1, 0.15) is 0 Å². The molecule has 1 aromatic carbocycles. The number of unbranched alkanes of at least 4 members (excludes halogenated alkanes) is 1. The molecule has 5 nitrogen and oxygen atoms in total. The zero-order valence-corrected chi connectivity index (χ0v) is 12.7. The molecule has 0 aliphatic heterocycles. The Labute approximate surface area is 124 Å². The third-order valence-corrected chi connectivity index (χ3v) is 3.15. The molecule has 0 aromatic heterocycles. The summed E-state index contributed by atoms with van der Waals surface area (Å²) >= 11 is 0. The molecule has 1 rings (SSSR count). The summed E-state index contributed by atoms with van der Waals surface area (Å²) in [4.78, 5) is 34.0. The second-order valence-electron chi connectivity index (χ2n) is 4.92. The number of methoxy groups -OCH3 is 1. The van der Waals surface area contributed by atoms with E-state index in [4.69, 9.17) is 0 Å². The van der Waals surface area contributed by atoms with Gasteiger partial charge in [0.2, 0.25) is 5.91 Å². The van der Waals surface area contributed by atoms with Gasteiger partial charge in [0, 0.05) is 24.1 Å². The van der Waals surface area contributed by atoms with Crippen molar-refractivity contribution < 1.29 is 19.1 Å². The number of amides is 1. The van der Waals surface area contributed by atoms with Gasteiger partial charge in [0.15, 0.2) is 5.78 Å². The fourth-order valence-electron chi connectivity index (χ4n) is 2.02. The fraction of sp³-hybridized carbons (Fsp3) is 0.438. The Balaban J connectivity index is 2.43. The molecule has 1 aromatic rings. The van der Waals surface area contributed by atoms with Crippen LogP contribution in [-0.4, -0.2) is 24.8 Å². The van der Waals surface area contributed by atoms with Crippen LogP contribution in [0.3, 0.4) is 0 Å². The minimum Gasteiger partial charge on any atom is -0.469 e. The lowest BCUT2D eigenvalue weighted by molar-refractivity contribution is -0.140. The molecule has 5 heteroatoms. The fourth-order valence-corrected chi connectivity index (χ4v) is 2.02. The van der Waals surface area contributed by atoms with Crippen LogP contribution in [0.2, 0.25) is 0 Å². The van der Waals surface area contributed by atoms with Crippen molar-refractivity contribution in [3.8, 4) is 0 Å². The number of ketones is 1. The lowest BCUT2D eigenvalue weighted by Gasteiger charge is -2.08. The summed E-state index contributed by atoms with van der Waals surface area (Å²) in [6.45, 7) is 3.35. The van der Waals surface area contributed by atoms with Crippen LogP contribution < -0.4 is 5.32 Å². The number of esters is 1. The summed E-state index contributed by atoms with van der Waals surface area (Å²) in [6, 6.07) is 5.21. The van der Waals surface area contributed by atoms with Gasteiger partial charge in [-0.2, -0.15) is 0 Å². The topological polar surface area (TPSA) is 72.5 Å². The number of carbonyl (C=O) groups excluding carboxylic acids is 3. The maximum absolute atomic E-state index is 11.8. The number of aryl methyl sites for hydroxylation is 1. The summed E-state index contributed by atoms with van der Waals surface area (Å²) in [7, 11) is 1.35. The average molecular weight is 291 g/mol. The molecule has 114 valence electrons. The molecule has 0 heterocycles. The largest absolute Gasteiger partial charge is 0.469 e. The van der Waals surface area contributed by atoms with Crippen molar-refractivity contribution in [2.24, 2.45) is 0 Å². The second kappa shape index (κ2) is 8.19. The number of carbonyl (C=O) groups is 3. The number of hydrogen-bond acceptors (Lipinski definition) is 4. The third kappa shape index (κ3) is 5.77. The highest BCUT2D eigenvalue weighted by Crippen LogP contribution is 2.16. The molecule has 0 saturated carbocycles. The molecular formula is C16H21NO4. The highest BCUT2D eigenvalue weighted by molar-refractivity contribution is 5.97. The number of hydrogen-bond donors (Lipinski definition) is 1. The van der Waals surface area contributed by atoms with E-state index < -0.39 is 0 Å². The van der Waals surface area contributed by atoms with Crippen molar-refractivity contribution in [3.63, 3.8) is 0 Å². The van der Waals surface area contributed by atoms with E-state index in [2.05, 4.69) is 10.1 Å². The Kier molecular flexibility index (Phi) is 6.59. The van der Waals surface area contributed by atoms with E-state index in [0.29, 0.717) is 36.9 Å². The minimum absolute atomic E-state index is 0.00758. The van der Waals surface area contributed by atoms with Gasteiger partial charge in [0.25, 0.3) is 0 Å². The standard InChI is InChI=1S/C16H21NO4/c1-11-10-13(8-9-14(11)12(2)18)17-15(19)6-4-5-7-16(20)21-3/h8-10H,4-7H2,1-3H3,(H,17,19). The van der Waals surface area contributed by atoms with Gasteiger partial charge in [-0.1, -0.05) is 0 Å². The molecular weight excluding hydrogens is 270 g/mol. The monoisotopic (exact) mass is 291 g/mol. The van der Waals surface area contributed by atoms with E-state index >= 15 is 0 Å². The Bertz CT molecular complexity index is 537. The summed E-state index contributed by atoms with van der Waals surface area (Å²) in [6.07, 6.45) is 1.94. The maximum atomic E-state index is 11.8. The number of rotatable bonds is 7. The molecule has 1 N–H and O–H groups in total. The van der Waals surface area contributed by atoms with Gasteiger partial charge >= 0.3 is 5.97 Å². The number of benzene rings is 1. The molecule has 0 bridgehead atoms. The lowest BCUT2D eigenvalue weighted by atomic mass is 10.0. The molecule has 21 heavy (non-hydrogen) atoms. The third-order valence-electron chi connectivity index (χ3n) is 3.15. The van der Waals surface area contributed by atoms with Gasteiger partial charge in [0.05, 0.1) is 7.11 Å². The minimum atomic E-state index is -0.258. The zero-order chi connectivity index (χ0) is 15.8. The van der Waals surface area contributed by atoms with Crippen LogP contribution in [0, 0.1) is 6.92 Å². The molecule has 0 aliphatic carbocycles. The molecule has 0 spiro atoms. The van der Waals surface area contributed by atoms with Crippen LogP contribution in [0.15, 0.2) is 18.2 Å². The molecule has 0 radical (unpaired) electrons. The zero-order valence-electron chi connectivity index (χ0n) is 12.7. The van der Waals surface area contributed by atoms with Crippen molar-refractivity contribution in [2.45, 2.75) is 39.5 Å². The van der Waals surface area contributed by atoms with Crippen molar-refractivity contribution in [3.05, 3.63) is 29.3 Å². The van der Waals surface area contributed by atoms with Crippen LogP contribution in [-0.2, 0) is 14.3 Å². The lowest BCUT2D eigenvalue weighted by Crippen LogP contribution is -2.12. The Morgan fingerprint density at radius 3 is 2.38 bits per heavy atom. The van der Waals surface area contributed by atoms with Crippen molar-refractivity contribution >= 4 is 23.3 Å². The average Bonchev–Trinajstić information content (AvgIpc) is 2.43. The van der Waals surface area contributed by atoms with E-state index in [1.165, 1.54) is 14.0 Å². The van der Waals surface area contributed by atoms with Crippen LogP contribution in [0.25, 0.3) is 0 Å². The number of nitrogens with one attached hydrogen (secondary N) is 1. The van der Waals surface area contributed by atoms with E-state index in [9.17, 15) is 14.4 Å². The van der Waals surface area contributed by atoms with Gasteiger partial charge in [-0.15, -0.1) is 0 Å². The van der Waals surface area contributed by atoms with Gasteiger partial charge in [-0.25, -0.2) is 0 Å². The highest BCUT2D eigenvalue weighted by Gasteiger charge is 2.07. The first-order chi connectivity index (χ1) is 9.93. The normalized spacial score (nSPS) is 10.0. The van der Waals surface area contributed by atoms with Crippen LogP contribution in [0.5, 0.6) is 0 Å². The van der Waals surface area contributed by atoms with Crippen molar-refractivity contribution in [1.29, 1.82) is 0 Å². The Hall–Kier alpha value is -2.17. The highest BCUT2D eigenvalue weighted by atomic mass is 16.5.